The lowest BCUT2D eigenvalue weighted by Crippen LogP contribution is -2.34. The van der Waals surface area contributed by atoms with Gasteiger partial charge in [0, 0.05) is 0 Å². The summed E-state index contributed by atoms with van der Waals surface area (Å²) < 4.78 is 5.29. The number of nitrogens with two attached hydrogens (primary N) is 1. The van der Waals surface area contributed by atoms with Gasteiger partial charge in [-0.15, -0.1) is 0 Å². The van der Waals surface area contributed by atoms with Crippen molar-refractivity contribution in [1.82, 2.24) is 9.97 Å². The summed E-state index contributed by atoms with van der Waals surface area (Å²) in [6, 6.07) is 0. The van der Waals surface area contributed by atoms with Crippen LogP contribution >= 0.6 is 0 Å². The van der Waals surface area contributed by atoms with E-state index >= 15 is 0 Å². The zero-order valence-corrected chi connectivity index (χ0v) is 9.80. The van der Waals surface area contributed by atoms with Gasteiger partial charge in [-0.3, -0.25) is 4.79 Å². The highest BCUT2D eigenvalue weighted by atomic mass is 16.5. The molecule has 1 aromatic heterocycles. The average molecular weight is 240 g/mol. The third-order valence-corrected chi connectivity index (χ3v) is 2.11. The number of primary amides is 1. The van der Waals surface area contributed by atoms with Gasteiger partial charge in [0.15, 0.2) is 0 Å². The normalized spacial score (nSPS) is 11.9. The number of hydrogen-bond donors (Lipinski definition) is 3. The monoisotopic (exact) mass is 240 g/mol. The molecule has 1 heterocycles. The van der Waals surface area contributed by atoms with E-state index in [1.165, 1.54) is 6.33 Å². The van der Waals surface area contributed by atoms with Crippen molar-refractivity contribution in [2.24, 2.45) is 5.73 Å². The highest BCUT2D eigenvalue weighted by molar-refractivity contribution is 5.79. The highest BCUT2D eigenvalue weighted by Gasteiger charge is 2.13. The molecule has 1 rings (SSSR count). The fraction of sp³-hybridized carbons (Fsp3) is 0.500. The zero-order valence-electron chi connectivity index (χ0n) is 9.80. The van der Waals surface area contributed by atoms with Crippen LogP contribution in [0.3, 0.4) is 0 Å². The van der Waals surface area contributed by atoms with Gasteiger partial charge in [0.1, 0.15) is 18.2 Å². The minimum absolute atomic E-state index is 0.00124. The maximum absolute atomic E-state index is 10.6. The van der Waals surface area contributed by atoms with Gasteiger partial charge in [-0.25, -0.2) is 9.97 Å². The van der Waals surface area contributed by atoms with E-state index < -0.39 is 12.0 Å². The number of ether oxygens (including phenoxy) is 1. The summed E-state index contributed by atoms with van der Waals surface area (Å²) >= 11 is 0. The molecule has 0 aromatic carbocycles. The largest absolute Gasteiger partial charge is 0.478 e. The summed E-state index contributed by atoms with van der Waals surface area (Å²) in [5.74, 6) is 0.191. The van der Waals surface area contributed by atoms with Gasteiger partial charge < -0.3 is 20.9 Å². The van der Waals surface area contributed by atoms with Crippen molar-refractivity contribution in [3.05, 3.63) is 11.9 Å². The Hall–Kier alpha value is -1.89. The van der Waals surface area contributed by atoms with Gasteiger partial charge in [0.25, 0.3) is 0 Å². The molecule has 0 spiro atoms. The lowest BCUT2D eigenvalue weighted by Gasteiger charge is -2.12. The van der Waals surface area contributed by atoms with E-state index in [2.05, 4.69) is 15.3 Å². The molecule has 0 fully saturated rings. The summed E-state index contributed by atoms with van der Waals surface area (Å²) in [5.41, 5.74) is 5.64. The van der Waals surface area contributed by atoms with Gasteiger partial charge in [0.2, 0.25) is 11.8 Å². The molecule has 1 aromatic rings. The Morgan fingerprint density at radius 3 is 2.94 bits per heavy atom. The minimum Gasteiger partial charge on any atom is -0.478 e. The van der Waals surface area contributed by atoms with E-state index in [1.807, 2.05) is 6.92 Å². The first kappa shape index (κ1) is 13.2. The van der Waals surface area contributed by atoms with E-state index in [0.29, 0.717) is 23.9 Å². The second-order valence-electron chi connectivity index (χ2n) is 3.38. The van der Waals surface area contributed by atoms with Crippen molar-refractivity contribution in [3.8, 4) is 5.88 Å². The molecule has 17 heavy (non-hydrogen) atoms. The third-order valence-electron chi connectivity index (χ3n) is 2.11. The van der Waals surface area contributed by atoms with E-state index in [-0.39, 0.29) is 6.54 Å². The molecule has 1 amide bonds. The summed E-state index contributed by atoms with van der Waals surface area (Å²) in [4.78, 5) is 18.6. The lowest BCUT2D eigenvalue weighted by atomic mass is 10.3. The number of aliphatic hydroxyl groups is 1. The van der Waals surface area contributed by atoms with Crippen LogP contribution in [0.5, 0.6) is 5.88 Å². The number of aliphatic hydroxyl groups excluding tert-OH is 1. The molecule has 0 saturated heterocycles. The van der Waals surface area contributed by atoms with Gasteiger partial charge in [-0.05, 0) is 13.8 Å². The van der Waals surface area contributed by atoms with Crippen LogP contribution in [0.4, 0.5) is 5.82 Å². The van der Waals surface area contributed by atoms with Gasteiger partial charge in [0.05, 0.1) is 18.7 Å². The zero-order chi connectivity index (χ0) is 12.8. The number of nitrogens with zero attached hydrogens (tertiary/aromatic N) is 2. The fourth-order valence-electron chi connectivity index (χ4n) is 1.19. The van der Waals surface area contributed by atoms with Crippen molar-refractivity contribution >= 4 is 11.7 Å². The van der Waals surface area contributed by atoms with Crippen molar-refractivity contribution < 1.29 is 14.6 Å². The summed E-state index contributed by atoms with van der Waals surface area (Å²) in [6.45, 7) is 4.13. The van der Waals surface area contributed by atoms with Crippen LogP contribution in [0.15, 0.2) is 6.33 Å². The Labute approximate surface area is 99.0 Å². The first-order valence-corrected chi connectivity index (χ1v) is 5.21. The van der Waals surface area contributed by atoms with Gasteiger partial charge >= 0.3 is 0 Å². The first-order chi connectivity index (χ1) is 8.06. The number of amides is 1. The number of nitrogens with one attached hydrogen (secondary N) is 1. The van der Waals surface area contributed by atoms with E-state index in [4.69, 9.17) is 10.5 Å². The quantitative estimate of drug-likeness (QED) is 0.615. The topological polar surface area (TPSA) is 110 Å². The molecular formula is C10H16N4O3. The van der Waals surface area contributed by atoms with Gasteiger partial charge in [-0.2, -0.15) is 0 Å². The Balaban J connectivity index is 2.71. The lowest BCUT2D eigenvalue weighted by molar-refractivity contribution is -0.125. The first-order valence-electron chi connectivity index (χ1n) is 5.21. The molecule has 0 bridgehead atoms. The summed E-state index contributed by atoms with van der Waals surface area (Å²) in [6.07, 6.45) is 0.0941. The standard InChI is InChI=1S/C10H16N4O3/c1-3-17-10-6(2)9(13-5-14-10)12-4-7(15)8(11)16/h5,7,15H,3-4H2,1-2H3,(H2,11,16)(H,12,13,14). The third kappa shape index (κ3) is 3.56. The SMILES string of the molecule is CCOc1ncnc(NCC(O)C(N)=O)c1C. The molecule has 0 saturated carbocycles. The Bertz CT molecular complexity index is 397. The van der Waals surface area contributed by atoms with Crippen molar-refractivity contribution in [1.29, 1.82) is 0 Å². The molecule has 7 nitrogen and oxygen atoms in total. The second-order valence-corrected chi connectivity index (χ2v) is 3.38. The van der Waals surface area contributed by atoms with Crippen LogP contribution in [0, 0.1) is 6.92 Å². The minimum atomic E-state index is -1.25. The fourth-order valence-corrected chi connectivity index (χ4v) is 1.19. The maximum Gasteiger partial charge on any atom is 0.248 e. The Morgan fingerprint density at radius 2 is 2.35 bits per heavy atom. The molecule has 4 N–H and O–H groups in total. The van der Waals surface area contributed by atoms with Crippen LogP contribution in [0.1, 0.15) is 12.5 Å². The Kier molecular flexibility index (Phi) is 4.65. The van der Waals surface area contributed by atoms with E-state index in [1.54, 1.807) is 6.92 Å². The van der Waals surface area contributed by atoms with Crippen LogP contribution in [0.2, 0.25) is 0 Å². The number of hydrogen-bond acceptors (Lipinski definition) is 6. The number of rotatable bonds is 6. The number of aromatic nitrogens is 2. The molecule has 0 radical (unpaired) electrons. The van der Waals surface area contributed by atoms with Crippen LogP contribution < -0.4 is 15.8 Å². The molecule has 94 valence electrons. The highest BCUT2D eigenvalue weighted by Crippen LogP contribution is 2.19. The molecule has 1 atom stereocenters. The average Bonchev–Trinajstić information content (AvgIpc) is 2.30. The van der Waals surface area contributed by atoms with Crippen molar-refractivity contribution in [2.75, 3.05) is 18.5 Å². The van der Waals surface area contributed by atoms with Crippen LogP contribution in [-0.4, -0.2) is 40.2 Å². The molecular weight excluding hydrogens is 224 g/mol. The van der Waals surface area contributed by atoms with Crippen molar-refractivity contribution in [3.63, 3.8) is 0 Å². The second kappa shape index (κ2) is 6.00. The van der Waals surface area contributed by atoms with E-state index in [9.17, 15) is 9.90 Å². The van der Waals surface area contributed by atoms with E-state index in [0.717, 1.165) is 0 Å². The number of carbonyl (C=O) groups is 1. The molecule has 0 aliphatic rings. The molecule has 7 heteroatoms. The molecule has 0 aliphatic carbocycles. The van der Waals surface area contributed by atoms with Gasteiger partial charge in [-0.1, -0.05) is 0 Å². The predicted molar refractivity (Wildman–Crippen MR) is 61.6 cm³/mol. The van der Waals surface area contributed by atoms with Crippen molar-refractivity contribution in [2.45, 2.75) is 20.0 Å². The molecule has 1 unspecified atom stereocenters. The number of carbonyl (C=O) groups excluding carboxylic acids is 1. The summed E-state index contributed by atoms with van der Waals surface area (Å²) in [5, 5.41) is 12.1. The predicted octanol–water partition coefficient (Wildman–Crippen LogP) is -0.558. The number of anilines is 1. The van der Waals surface area contributed by atoms with Crippen LogP contribution in [-0.2, 0) is 4.79 Å². The summed E-state index contributed by atoms with van der Waals surface area (Å²) in [7, 11) is 0. The molecule has 0 aliphatic heterocycles. The smallest absolute Gasteiger partial charge is 0.248 e. The Morgan fingerprint density at radius 1 is 1.65 bits per heavy atom. The maximum atomic E-state index is 10.6. The van der Waals surface area contributed by atoms with Crippen LogP contribution in [0.25, 0.3) is 0 Å².